The van der Waals surface area contributed by atoms with Crippen molar-refractivity contribution in [2.24, 2.45) is 10.9 Å². The molecule has 0 saturated carbocycles. The van der Waals surface area contributed by atoms with Gasteiger partial charge >= 0.3 is 0 Å². The third-order valence-electron chi connectivity index (χ3n) is 1.19. The molecule has 0 saturated heterocycles. The van der Waals surface area contributed by atoms with Gasteiger partial charge in [0, 0.05) is 19.2 Å². The van der Waals surface area contributed by atoms with E-state index in [0.717, 1.165) is 0 Å². The highest BCUT2D eigenvalue weighted by atomic mass is 127. The third kappa shape index (κ3) is 4.05. The van der Waals surface area contributed by atoms with Crippen LogP contribution in [0.2, 0.25) is 0 Å². The molecule has 0 radical (unpaired) electrons. The minimum Gasteiger partial charge on any atom is -0.298 e. The van der Waals surface area contributed by atoms with Gasteiger partial charge in [-0.3, -0.25) is 4.99 Å². The first-order chi connectivity index (χ1) is 4.59. The molecule has 0 amide bonds. The number of aliphatic imine (C=N–C) groups is 1. The van der Waals surface area contributed by atoms with Gasteiger partial charge in [0.25, 0.3) is 0 Å². The quantitative estimate of drug-likeness (QED) is 0.412. The van der Waals surface area contributed by atoms with Crippen molar-refractivity contribution in [3.05, 3.63) is 0 Å². The molecule has 10 heavy (non-hydrogen) atoms. The van der Waals surface area contributed by atoms with Crippen LogP contribution in [0.15, 0.2) is 4.99 Å². The zero-order valence-corrected chi connectivity index (χ0v) is 10.2. The maximum absolute atomic E-state index is 12.9. The molecular weight excluding hydrogens is 359 g/mol. The summed E-state index contributed by atoms with van der Waals surface area (Å²) in [6, 6.07) is 0. The Balaban J connectivity index is 3.81. The van der Waals surface area contributed by atoms with Gasteiger partial charge < -0.3 is 0 Å². The van der Waals surface area contributed by atoms with Gasteiger partial charge in [0.2, 0.25) is 0 Å². The normalized spacial score (nSPS) is 18.2. The van der Waals surface area contributed by atoms with E-state index in [9.17, 15) is 4.39 Å². The van der Waals surface area contributed by atoms with Crippen LogP contribution in [0, 0.1) is 5.92 Å². The van der Waals surface area contributed by atoms with E-state index >= 15 is 0 Å². The summed E-state index contributed by atoms with van der Waals surface area (Å²) < 4.78 is 13.2. The first-order valence-corrected chi connectivity index (χ1v) is 5.43. The highest BCUT2D eigenvalue weighted by molar-refractivity contribution is 14.2. The van der Waals surface area contributed by atoms with Crippen molar-refractivity contribution in [1.82, 2.24) is 0 Å². The van der Waals surface area contributed by atoms with E-state index in [-0.39, 0.29) is 5.92 Å². The topological polar surface area (TPSA) is 12.4 Å². The predicted octanol–water partition coefficient (Wildman–Crippen LogP) is 2.86. The number of hydrogen-bond donors (Lipinski definition) is 0. The molecule has 0 heterocycles. The summed E-state index contributed by atoms with van der Waals surface area (Å²) in [7, 11) is 1.59. The maximum Gasteiger partial charge on any atom is 0.139 e. The zero-order chi connectivity index (χ0) is 8.15. The van der Waals surface area contributed by atoms with Gasteiger partial charge in [0.15, 0.2) is 0 Å². The summed E-state index contributed by atoms with van der Waals surface area (Å²) in [5.74, 6) is 0.0462. The van der Waals surface area contributed by atoms with Crippen molar-refractivity contribution >= 4 is 51.4 Å². The molecule has 1 nitrogen and oxygen atoms in total. The molecule has 0 aliphatic heterocycles. The van der Waals surface area contributed by atoms with E-state index in [4.69, 9.17) is 0 Å². The number of rotatable bonds is 3. The van der Waals surface area contributed by atoms with Crippen LogP contribution in [0.1, 0.15) is 6.92 Å². The second-order valence-corrected chi connectivity index (χ2v) is 7.11. The van der Waals surface area contributed by atoms with Gasteiger partial charge in [-0.2, -0.15) is 0 Å². The van der Waals surface area contributed by atoms with Gasteiger partial charge in [0.1, 0.15) is 6.17 Å². The molecule has 0 N–H and O–H groups in total. The molecule has 2 atom stereocenters. The van der Waals surface area contributed by atoms with Gasteiger partial charge in [-0.15, -0.1) is 0 Å². The Hall–Kier alpha value is 1.06. The number of halogens is 3. The second-order valence-electron chi connectivity index (χ2n) is 2.05. The fourth-order valence-corrected chi connectivity index (χ4v) is 1.21. The monoisotopic (exact) mass is 369 g/mol. The van der Waals surface area contributed by atoms with Crippen LogP contribution in [-0.4, -0.2) is 21.4 Å². The van der Waals surface area contributed by atoms with Gasteiger partial charge in [-0.1, -0.05) is 52.1 Å². The zero-order valence-electron chi connectivity index (χ0n) is 5.89. The Morgan fingerprint density at radius 2 is 2.00 bits per heavy atom. The second kappa shape index (κ2) is 5.68. The molecule has 0 unspecified atom stereocenters. The van der Waals surface area contributed by atoms with Gasteiger partial charge in [0.05, 0.1) is 1.93 Å². The first kappa shape index (κ1) is 11.1. The van der Waals surface area contributed by atoms with E-state index < -0.39 is 6.17 Å². The fraction of sp³-hybridized carbons (Fsp3) is 0.833. The highest BCUT2D eigenvalue weighted by Crippen LogP contribution is 2.24. The molecule has 0 aromatic carbocycles. The van der Waals surface area contributed by atoms with Crippen LogP contribution in [0.5, 0.6) is 0 Å². The Kier molecular flexibility index (Phi) is 6.28. The van der Waals surface area contributed by atoms with E-state index in [1.165, 1.54) is 6.21 Å². The molecule has 0 aromatic rings. The summed E-state index contributed by atoms with van der Waals surface area (Å²) in [6.45, 7) is 1.88. The Morgan fingerprint density at radius 3 is 2.30 bits per heavy atom. The fourth-order valence-electron chi connectivity index (χ4n) is 0.417. The standard InChI is InChI=1S/C6H10FI2N/c1-4(6(8)9)5(7)3-10-2/h3-6H,1-2H3/t4-,5+/m1/s1. The highest BCUT2D eigenvalue weighted by Gasteiger charge is 2.19. The first-order valence-electron chi connectivity index (χ1n) is 2.94. The van der Waals surface area contributed by atoms with Gasteiger partial charge in [-0.25, -0.2) is 4.39 Å². The Morgan fingerprint density at radius 1 is 1.50 bits per heavy atom. The molecule has 60 valence electrons. The molecule has 0 aliphatic rings. The number of hydrogen-bond acceptors (Lipinski definition) is 1. The SMILES string of the molecule is CN=C[C@H](F)[C@@H](C)C(I)I. The predicted molar refractivity (Wildman–Crippen MR) is 60.3 cm³/mol. The van der Waals surface area contributed by atoms with E-state index in [1.807, 2.05) is 6.92 Å². The van der Waals surface area contributed by atoms with Crippen LogP contribution in [0.4, 0.5) is 4.39 Å². The molecular formula is C6H10FI2N. The average Bonchev–Trinajstić information content (AvgIpc) is 1.87. The van der Waals surface area contributed by atoms with Crippen LogP contribution in [-0.2, 0) is 0 Å². The summed E-state index contributed by atoms with van der Waals surface area (Å²) in [5, 5.41) is 0. The minimum atomic E-state index is -0.899. The van der Waals surface area contributed by atoms with Crippen molar-refractivity contribution < 1.29 is 4.39 Å². The smallest absolute Gasteiger partial charge is 0.139 e. The molecule has 0 rings (SSSR count). The Labute approximate surface area is 88.1 Å². The summed E-state index contributed by atoms with van der Waals surface area (Å²) in [5.41, 5.74) is 0. The van der Waals surface area contributed by atoms with Crippen LogP contribution >= 0.6 is 45.2 Å². The van der Waals surface area contributed by atoms with Crippen LogP contribution in [0.3, 0.4) is 0 Å². The van der Waals surface area contributed by atoms with Crippen LogP contribution < -0.4 is 0 Å². The van der Waals surface area contributed by atoms with Crippen molar-refractivity contribution in [2.75, 3.05) is 7.05 Å². The van der Waals surface area contributed by atoms with Gasteiger partial charge in [-0.05, 0) is 0 Å². The van der Waals surface area contributed by atoms with E-state index in [2.05, 4.69) is 50.2 Å². The largest absolute Gasteiger partial charge is 0.298 e. The lowest BCUT2D eigenvalue weighted by molar-refractivity contribution is 0.345. The molecule has 0 spiro atoms. The molecule has 4 heteroatoms. The minimum absolute atomic E-state index is 0.0462. The maximum atomic E-state index is 12.9. The number of nitrogens with zero attached hydrogens (tertiary/aromatic N) is 1. The third-order valence-corrected chi connectivity index (χ3v) is 3.46. The van der Waals surface area contributed by atoms with Crippen molar-refractivity contribution in [3.8, 4) is 0 Å². The summed E-state index contributed by atoms with van der Waals surface area (Å²) in [4.78, 5) is 3.63. The lowest BCUT2D eigenvalue weighted by Gasteiger charge is -2.13. The van der Waals surface area contributed by atoms with Crippen molar-refractivity contribution in [2.45, 2.75) is 15.0 Å². The van der Waals surface area contributed by atoms with E-state index in [0.29, 0.717) is 1.93 Å². The lowest BCUT2D eigenvalue weighted by atomic mass is 10.1. The van der Waals surface area contributed by atoms with E-state index in [1.54, 1.807) is 7.05 Å². The summed E-state index contributed by atoms with van der Waals surface area (Å²) >= 11 is 4.42. The number of alkyl halides is 3. The summed E-state index contributed by atoms with van der Waals surface area (Å²) in [6.07, 6.45) is 0.457. The molecule has 0 fully saturated rings. The van der Waals surface area contributed by atoms with Crippen molar-refractivity contribution in [1.29, 1.82) is 0 Å². The lowest BCUT2D eigenvalue weighted by Crippen LogP contribution is -2.19. The Bertz CT molecular complexity index is 116. The molecule has 0 bridgehead atoms. The van der Waals surface area contributed by atoms with Crippen molar-refractivity contribution in [3.63, 3.8) is 0 Å². The molecule has 0 aromatic heterocycles. The average molecular weight is 369 g/mol. The molecule has 0 aliphatic carbocycles. The van der Waals surface area contributed by atoms with Crippen LogP contribution in [0.25, 0.3) is 0 Å².